The van der Waals surface area contributed by atoms with Gasteiger partial charge in [-0.15, -0.1) is 0 Å². The molecule has 0 amide bonds. The van der Waals surface area contributed by atoms with Gasteiger partial charge < -0.3 is 10.2 Å². The number of guanidine groups is 1. The van der Waals surface area contributed by atoms with Crippen molar-refractivity contribution in [3.8, 4) is 0 Å². The van der Waals surface area contributed by atoms with Gasteiger partial charge in [-0.3, -0.25) is 4.99 Å². The Morgan fingerprint density at radius 2 is 2.05 bits per heavy atom. The van der Waals surface area contributed by atoms with Crippen molar-refractivity contribution in [2.45, 2.75) is 31.6 Å². The molecule has 0 aromatic heterocycles. The monoisotopic (exact) mass is 271 g/mol. The average Bonchev–Trinajstić information content (AvgIpc) is 3.19. The molecule has 108 valence electrons. The van der Waals surface area contributed by atoms with Crippen LogP contribution in [0.4, 0.5) is 0 Å². The van der Waals surface area contributed by atoms with Gasteiger partial charge in [0, 0.05) is 32.6 Å². The predicted molar refractivity (Wildman–Crippen MR) is 84.1 cm³/mol. The van der Waals surface area contributed by atoms with E-state index in [1.54, 1.807) is 0 Å². The molecule has 3 rings (SSSR count). The number of aliphatic imine (C=N–C) groups is 1. The highest BCUT2D eigenvalue weighted by atomic mass is 15.3. The molecular formula is C17H25N3. The zero-order valence-electron chi connectivity index (χ0n) is 12.4. The number of rotatable bonds is 4. The van der Waals surface area contributed by atoms with Crippen molar-refractivity contribution < 1.29 is 0 Å². The van der Waals surface area contributed by atoms with Crippen LogP contribution >= 0.6 is 0 Å². The third-order valence-electron chi connectivity index (χ3n) is 4.50. The molecule has 1 N–H and O–H groups in total. The van der Waals surface area contributed by atoms with Gasteiger partial charge in [-0.2, -0.15) is 0 Å². The van der Waals surface area contributed by atoms with E-state index >= 15 is 0 Å². The Balaban J connectivity index is 1.52. The highest BCUT2D eigenvalue weighted by molar-refractivity contribution is 5.80. The summed E-state index contributed by atoms with van der Waals surface area (Å²) in [7, 11) is 1.90. The standard InChI is InChI=1S/C17H25N3/c1-18-17(19-11-9-14-7-8-14)20-12-10-16(13-20)15-5-3-2-4-6-15/h2-6,14,16H,7-13H2,1H3,(H,18,19). The Morgan fingerprint density at radius 3 is 2.75 bits per heavy atom. The highest BCUT2D eigenvalue weighted by Crippen LogP contribution is 2.31. The first-order valence-corrected chi connectivity index (χ1v) is 7.87. The van der Waals surface area contributed by atoms with Crippen molar-refractivity contribution in [2.24, 2.45) is 10.9 Å². The van der Waals surface area contributed by atoms with Crippen LogP contribution in [0.15, 0.2) is 35.3 Å². The summed E-state index contributed by atoms with van der Waals surface area (Å²) >= 11 is 0. The lowest BCUT2D eigenvalue weighted by molar-refractivity contribution is 0.483. The lowest BCUT2D eigenvalue weighted by Gasteiger charge is -2.21. The smallest absolute Gasteiger partial charge is 0.193 e. The molecule has 0 radical (unpaired) electrons. The Hall–Kier alpha value is -1.51. The summed E-state index contributed by atoms with van der Waals surface area (Å²) < 4.78 is 0. The fourth-order valence-electron chi connectivity index (χ4n) is 3.08. The molecule has 1 aliphatic carbocycles. The lowest BCUT2D eigenvalue weighted by Crippen LogP contribution is -2.40. The molecular weight excluding hydrogens is 246 g/mol. The van der Waals surface area contributed by atoms with E-state index in [1.165, 1.54) is 31.2 Å². The Bertz CT molecular complexity index is 451. The van der Waals surface area contributed by atoms with E-state index in [0.717, 1.165) is 31.5 Å². The summed E-state index contributed by atoms with van der Waals surface area (Å²) in [4.78, 5) is 6.85. The quantitative estimate of drug-likeness (QED) is 0.673. The largest absolute Gasteiger partial charge is 0.356 e. The van der Waals surface area contributed by atoms with Crippen LogP contribution in [0.25, 0.3) is 0 Å². The first-order valence-electron chi connectivity index (χ1n) is 7.87. The van der Waals surface area contributed by atoms with Gasteiger partial charge in [0.05, 0.1) is 0 Å². The molecule has 20 heavy (non-hydrogen) atoms. The van der Waals surface area contributed by atoms with Crippen molar-refractivity contribution in [1.82, 2.24) is 10.2 Å². The molecule has 1 aromatic carbocycles. The van der Waals surface area contributed by atoms with Crippen LogP contribution < -0.4 is 5.32 Å². The zero-order valence-corrected chi connectivity index (χ0v) is 12.4. The summed E-state index contributed by atoms with van der Waals surface area (Å²) in [5.74, 6) is 2.72. The Morgan fingerprint density at radius 1 is 1.25 bits per heavy atom. The maximum atomic E-state index is 4.45. The van der Waals surface area contributed by atoms with Gasteiger partial charge in [-0.25, -0.2) is 0 Å². The molecule has 0 bridgehead atoms. The van der Waals surface area contributed by atoms with Gasteiger partial charge in [0.15, 0.2) is 5.96 Å². The van der Waals surface area contributed by atoms with Crippen LogP contribution in [0.5, 0.6) is 0 Å². The second-order valence-electron chi connectivity index (χ2n) is 6.05. The van der Waals surface area contributed by atoms with E-state index < -0.39 is 0 Å². The predicted octanol–water partition coefficient (Wildman–Crippen LogP) is 2.85. The van der Waals surface area contributed by atoms with Crippen LogP contribution in [0.2, 0.25) is 0 Å². The van der Waals surface area contributed by atoms with Crippen molar-refractivity contribution in [3.63, 3.8) is 0 Å². The Kier molecular flexibility index (Phi) is 4.24. The summed E-state index contributed by atoms with van der Waals surface area (Å²) in [6.45, 7) is 3.28. The second-order valence-corrected chi connectivity index (χ2v) is 6.05. The average molecular weight is 271 g/mol. The molecule has 3 nitrogen and oxygen atoms in total. The maximum Gasteiger partial charge on any atom is 0.193 e. The van der Waals surface area contributed by atoms with E-state index in [-0.39, 0.29) is 0 Å². The summed E-state index contributed by atoms with van der Waals surface area (Å²) in [6.07, 6.45) is 5.39. The SMILES string of the molecule is CN=C(NCCC1CC1)N1CCC(c2ccccc2)C1. The van der Waals surface area contributed by atoms with E-state index in [4.69, 9.17) is 0 Å². The number of benzene rings is 1. The topological polar surface area (TPSA) is 27.6 Å². The van der Waals surface area contributed by atoms with Crippen LogP contribution in [0.3, 0.4) is 0 Å². The second kappa shape index (κ2) is 6.29. The van der Waals surface area contributed by atoms with E-state index in [0.29, 0.717) is 5.92 Å². The maximum absolute atomic E-state index is 4.45. The zero-order chi connectivity index (χ0) is 13.8. The summed E-state index contributed by atoms with van der Waals surface area (Å²) in [6, 6.07) is 10.9. The molecule has 1 unspecified atom stereocenters. The van der Waals surface area contributed by atoms with Gasteiger partial charge in [0.2, 0.25) is 0 Å². The lowest BCUT2D eigenvalue weighted by atomic mass is 9.99. The highest BCUT2D eigenvalue weighted by Gasteiger charge is 2.26. The van der Waals surface area contributed by atoms with E-state index in [1.807, 2.05) is 7.05 Å². The minimum atomic E-state index is 0.651. The fourth-order valence-corrected chi connectivity index (χ4v) is 3.08. The molecule has 0 spiro atoms. The Labute approximate surface area is 122 Å². The van der Waals surface area contributed by atoms with Gasteiger partial charge in [0.25, 0.3) is 0 Å². The molecule has 1 aromatic rings. The molecule has 1 heterocycles. The fraction of sp³-hybridized carbons (Fsp3) is 0.588. The first-order chi connectivity index (χ1) is 9.86. The minimum Gasteiger partial charge on any atom is -0.356 e. The van der Waals surface area contributed by atoms with Gasteiger partial charge in [0.1, 0.15) is 0 Å². The van der Waals surface area contributed by atoms with E-state index in [9.17, 15) is 0 Å². The van der Waals surface area contributed by atoms with Crippen LogP contribution in [0, 0.1) is 5.92 Å². The molecule has 1 saturated carbocycles. The molecule has 3 heteroatoms. The summed E-state index contributed by atoms with van der Waals surface area (Å²) in [5, 5.41) is 3.53. The first kappa shape index (κ1) is 13.5. The minimum absolute atomic E-state index is 0.651. The van der Waals surface area contributed by atoms with Crippen LogP contribution in [-0.2, 0) is 0 Å². The molecule has 1 aliphatic heterocycles. The molecule has 2 aliphatic rings. The van der Waals surface area contributed by atoms with Crippen molar-refractivity contribution in [3.05, 3.63) is 35.9 Å². The van der Waals surface area contributed by atoms with Crippen LogP contribution in [-0.4, -0.2) is 37.5 Å². The van der Waals surface area contributed by atoms with Crippen LogP contribution in [0.1, 0.15) is 37.2 Å². The number of likely N-dealkylation sites (tertiary alicyclic amines) is 1. The number of hydrogen-bond donors (Lipinski definition) is 1. The number of nitrogens with one attached hydrogen (secondary N) is 1. The van der Waals surface area contributed by atoms with Crippen molar-refractivity contribution >= 4 is 5.96 Å². The molecule has 1 atom stereocenters. The van der Waals surface area contributed by atoms with Crippen molar-refractivity contribution in [1.29, 1.82) is 0 Å². The van der Waals surface area contributed by atoms with Gasteiger partial charge in [-0.05, 0) is 24.3 Å². The van der Waals surface area contributed by atoms with Gasteiger partial charge in [-0.1, -0.05) is 43.2 Å². The van der Waals surface area contributed by atoms with E-state index in [2.05, 4.69) is 45.5 Å². The molecule has 1 saturated heterocycles. The normalized spacial score (nSPS) is 23.1. The number of nitrogens with zero attached hydrogens (tertiary/aromatic N) is 2. The third-order valence-corrected chi connectivity index (χ3v) is 4.50. The van der Waals surface area contributed by atoms with Crippen molar-refractivity contribution in [2.75, 3.05) is 26.7 Å². The molecule has 2 fully saturated rings. The number of hydrogen-bond acceptors (Lipinski definition) is 1. The van der Waals surface area contributed by atoms with Gasteiger partial charge >= 0.3 is 0 Å². The third kappa shape index (κ3) is 3.33. The summed E-state index contributed by atoms with van der Waals surface area (Å²) in [5.41, 5.74) is 1.46.